The first-order chi connectivity index (χ1) is 9.99. The first-order valence-corrected chi connectivity index (χ1v) is 6.69. The Labute approximate surface area is 128 Å². The van der Waals surface area contributed by atoms with Crippen molar-refractivity contribution in [3.05, 3.63) is 57.6 Å². The highest BCUT2D eigenvalue weighted by Crippen LogP contribution is 2.34. The quantitative estimate of drug-likeness (QED) is 0.777. The molecule has 0 bridgehead atoms. The van der Waals surface area contributed by atoms with Crippen molar-refractivity contribution in [3.63, 3.8) is 0 Å². The second-order valence-corrected chi connectivity index (χ2v) is 4.97. The Morgan fingerprint density at radius 1 is 1.05 bits per heavy atom. The van der Waals surface area contributed by atoms with Crippen molar-refractivity contribution in [1.82, 2.24) is 0 Å². The van der Waals surface area contributed by atoms with Crippen molar-refractivity contribution in [2.75, 3.05) is 14.2 Å². The molecule has 0 atom stereocenters. The van der Waals surface area contributed by atoms with E-state index in [0.29, 0.717) is 10.2 Å². The molecule has 0 unspecified atom stereocenters. The van der Waals surface area contributed by atoms with E-state index in [-0.39, 0.29) is 11.3 Å². The number of ketones is 1. The van der Waals surface area contributed by atoms with E-state index >= 15 is 0 Å². The molecule has 110 valence electrons. The second-order valence-electron chi connectivity index (χ2n) is 4.11. The fraction of sp³-hybridized carbons (Fsp3) is 0.133. The van der Waals surface area contributed by atoms with Crippen molar-refractivity contribution in [2.24, 2.45) is 0 Å². The van der Waals surface area contributed by atoms with Crippen LogP contribution in [0.2, 0.25) is 0 Å². The number of carbonyl (C=O) groups excluding carboxylic acids is 1. The SMILES string of the molecule is COc1cc(C(=O)c2c(F)cccc2F)c(OC)cc1Br. The van der Waals surface area contributed by atoms with E-state index in [1.54, 1.807) is 0 Å². The molecule has 0 N–H and O–H groups in total. The van der Waals surface area contributed by atoms with Crippen molar-refractivity contribution in [1.29, 1.82) is 0 Å². The number of ether oxygens (including phenoxy) is 2. The summed E-state index contributed by atoms with van der Waals surface area (Å²) < 4.78 is 38.2. The monoisotopic (exact) mass is 356 g/mol. The van der Waals surface area contributed by atoms with Gasteiger partial charge in [-0.05, 0) is 40.2 Å². The summed E-state index contributed by atoms with van der Waals surface area (Å²) in [6.45, 7) is 0. The van der Waals surface area contributed by atoms with E-state index in [1.165, 1.54) is 32.4 Å². The van der Waals surface area contributed by atoms with Crippen LogP contribution in [-0.2, 0) is 0 Å². The maximum absolute atomic E-state index is 13.7. The summed E-state index contributed by atoms with van der Waals surface area (Å²) in [7, 11) is 2.78. The number of carbonyl (C=O) groups is 1. The van der Waals surface area contributed by atoms with Crippen LogP contribution in [0.15, 0.2) is 34.8 Å². The normalized spacial score (nSPS) is 10.3. The van der Waals surface area contributed by atoms with E-state index in [2.05, 4.69) is 15.9 Å². The average molecular weight is 357 g/mol. The molecule has 6 heteroatoms. The van der Waals surface area contributed by atoms with Gasteiger partial charge >= 0.3 is 0 Å². The molecule has 0 amide bonds. The zero-order chi connectivity index (χ0) is 15.6. The Bertz CT molecular complexity index is 681. The van der Waals surface area contributed by atoms with Gasteiger partial charge in [0.05, 0.1) is 29.8 Å². The van der Waals surface area contributed by atoms with Gasteiger partial charge in [-0.3, -0.25) is 4.79 Å². The van der Waals surface area contributed by atoms with E-state index in [9.17, 15) is 13.6 Å². The van der Waals surface area contributed by atoms with Gasteiger partial charge in [0.2, 0.25) is 5.78 Å². The third-order valence-corrected chi connectivity index (χ3v) is 3.53. The minimum Gasteiger partial charge on any atom is -0.496 e. The van der Waals surface area contributed by atoms with Gasteiger partial charge in [0.25, 0.3) is 0 Å². The minimum atomic E-state index is -0.927. The van der Waals surface area contributed by atoms with Gasteiger partial charge in [0.15, 0.2) is 0 Å². The van der Waals surface area contributed by atoms with E-state index in [0.717, 1.165) is 12.1 Å². The Balaban J connectivity index is 2.63. The highest BCUT2D eigenvalue weighted by molar-refractivity contribution is 9.10. The van der Waals surface area contributed by atoms with Crippen LogP contribution in [0.5, 0.6) is 11.5 Å². The van der Waals surface area contributed by atoms with Gasteiger partial charge in [-0.1, -0.05) is 6.07 Å². The largest absolute Gasteiger partial charge is 0.496 e. The third-order valence-electron chi connectivity index (χ3n) is 2.91. The van der Waals surface area contributed by atoms with Gasteiger partial charge in [-0.15, -0.1) is 0 Å². The average Bonchev–Trinajstić information content (AvgIpc) is 2.46. The Kier molecular flexibility index (Phi) is 4.57. The highest BCUT2D eigenvalue weighted by Gasteiger charge is 2.23. The number of methoxy groups -OCH3 is 2. The summed E-state index contributed by atoms with van der Waals surface area (Å²) >= 11 is 3.25. The maximum Gasteiger partial charge on any atom is 0.202 e. The minimum absolute atomic E-state index is 0.0153. The molecular weight excluding hydrogens is 346 g/mol. The van der Waals surface area contributed by atoms with Crippen molar-refractivity contribution >= 4 is 21.7 Å². The van der Waals surface area contributed by atoms with E-state index in [4.69, 9.17) is 9.47 Å². The molecular formula is C15H11BrF2O3. The molecule has 0 saturated heterocycles. The molecule has 0 aliphatic rings. The first kappa shape index (κ1) is 15.4. The van der Waals surface area contributed by atoms with Crippen molar-refractivity contribution < 1.29 is 23.0 Å². The first-order valence-electron chi connectivity index (χ1n) is 5.89. The van der Waals surface area contributed by atoms with Crippen LogP contribution in [-0.4, -0.2) is 20.0 Å². The summed E-state index contributed by atoms with van der Waals surface area (Å²) in [6, 6.07) is 6.13. The molecule has 0 aliphatic carbocycles. The fourth-order valence-electron chi connectivity index (χ4n) is 1.89. The van der Waals surface area contributed by atoms with Crippen LogP contribution < -0.4 is 9.47 Å². The van der Waals surface area contributed by atoms with Crippen LogP contribution >= 0.6 is 15.9 Å². The second kappa shape index (κ2) is 6.22. The predicted molar refractivity (Wildman–Crippen MR) is 77.0 cm³/mol. The summed E-state index contributed by atoms with van der Waals surface area (Å²) in [4.78, 5) is 12.4. The summed E-state index contributed by atoms with van der Waals surface area (Å²) in [5, 5.41) is 0. The van der Waals surface area contributed by atoms with Gasteiger partial charge in [0.1, 0.15) is 23.1 Å². The Morgan fingerprint density at radius 2 is 1.62 bits per heavy atom. The number of benzene rings is 2. The number of halogens is 3. The molecule has 0 saturated carbocycles. The predicted octanol–water partition coefficient (Wildman–Crippen LogP) is 3.98. The van der Waals surface area contributed by atoms with Gasteiger partial charge in [-0.25, -0.2) is 8.78 Å². The Morgan fingerprint density at radius 3 is 2.14 bits per heavy atom. The molecule has 2 aromatic rings. The summed E-state index contributed by atoms with van der Waals surface area (Å²) in [5.41, 5.74) is -0.610. The zero-order valence-corrected chi connectivity index (χ0v) is 12.8. The molecule has 0 aliphatic heterocycles. The summed E-state index contributed by atoms with van der Waals surface area (Å²) in [6.07, 6.45) is 0. The molecule has 0 aromatic heterocycles. The van der Waals surface area contributed by atoms with Crippen LogP contribution in [0.25, 0.3) is 0 Å². The topological polar surface area (TPSA) is 35.5 Å². The van der Waals surface area contributed by atoms with Gasteiger partial charge in [0, 0.05) is 0 Å². The number of hydrogen-bond donors (Lipinski definition) is 0. The molecule has 3 nitrogen and oxygen atoms in total. The van der Waals surface area contributed by atoms with Crippen LogP contribution in [0.4, 0.5) is 8.78 Å². The third kappa shape index (κ3) is 2.90. The molecule has 0 heterocycles. The Hall–Kier alpha value is -1.95. The number of rotatable bonds is 4. The molecule has 0 fully saturated rings. The zero-order valence-electron chi connectivity index (χ0n) is 11.2. The lowest BCUT2D eigenvalue weighted by Gasteiger charge is -2.12. The lowest BCUT2D eigenvalue weighted by molar-refractivity contribution is 0.102. The smallest absolute Gasteiger partial charge is 0.202 e. The summed E-state index contributed by atoms with van der Waals surface area (Å²) in [5.74, 6) is -2.12. The van der Waals surface area contributed by atoms with Crippen molar-refractivity contribution in [2.45, 2.75) is 0 Å². The standard InChI is InChI=1S/C15H11BrF2O3/c1-20-12-7-9(16)13(21-2)6-8(12)15(19)14-10(17)4-3-5-11(14)18/h3-7H,1-2H3. The van der Waals surface area contributed by atoms with Crippen LogP contribution in [0.3, 0.4) is 0 Å². The molecule has 21 heavy (non-hydrogen) atoms. The lowest BCUT2D eigenvalue weighted by atomic mass is 10.0. The van der Waals surface area contributed by atoms with Crippen LogP contribution in [0.1, 0.15) is 15.9 Å². The molecule has 0 spiro atoms. The van der Waals surface area contributed by atoms with Crippen molar-refractivity contribution in [3.8, 4) is 11.5 Å². The highest BCUT2D eigenvalue weighted by atomic mass is 79.9. The fourth-order valence-corrected chi connectivity index (χ4v) is 2.37. The maximum atomic E-state index is 13.7. The van der Waals surface area contributed by atoms with E-state index in [1.807, 2.05) is 0 Å². The van der Waals surface area contributed by atoms with Gasteiger partial charge < -0.3 is 9.47 Å². The van der Waals surface area contributed by atoms with E-state index < -0.39 is 23.0 Å². The lowest BCUT2D eigenvalue weighted by Crippen LogP contribution is -2.09. The van der Waals surface area contributed by atoms with Crippen LogP contribution in [0, 0.1) is 11.6 Å². The molecule has 0 radical (unpaired) electrons. The molecule has 2 rings (SSSR count). The molecule has 2 aromatic carbocycles. The number of hydrogen-bond acceptors (Lipinski definition) is 3. The van der Waals surface area contributed by atoms with Gasteiger partial charge in [-0.2, -0.15) is 0 Å².